The summed E-state index contributed by atoms with van der Waals surface area (Å²) in [6.45, 7) is 0. The number of aromatic nitrogens is 3. The molecule has 4 rings (SSSR count). The van der Waals surface area contributed by atoms with E-state index in [0.29, 0.717) is 5.88 Å². The first kappa shape index (κ1) is 14.3. The Bertz CT molecular complexity index is 1000. The Morgan fingerprint density at radius 1 is 0.833 bits per heavy atom. The standard InChI is InChI=1S/C20H15N3O/c1-24-20-4-2-3-18(23-20)15-5-6-19-17(13-15)16(9-12-22-19)14-7-10-21-11-8-14/h2-13H,1H3. The average Bonchev–Trinajstić information content (AvgIpc) is 2.68. The summed E-state index contributed by atoms with van der Waals surface area (Å²) in [6, 6.07) is 18.0. The Kier molecular flexibility index (Phi) is 3.63. The SMILES string of the molecule is COc1cccc(-c2ccc3nccc(-c4ccncc4)c3c2)n1. The fraction of sp³-hybridized carbons (Fsp3) is 0.0500. The monoisotopic (exact) mass is 313 g/mol. The lowest BCUT2D eigenvalue weighted by Gasteiger charge is -2.09. The summed E-state index contributed by atoms with van der Waals surface area (Å²) in [4.78, 5) is 13.1. The maximum absolute atomic E-state index is 5.23. The van der Waals surface area contributed by atoms with Crippen LogP contribution in [0, 0.1) is 0 Å². The van der Waals surface area contributed by atoms with Crippen molar-refractivity contribution in [1.29, 1.82) is 0 Å². The van der Waals surface area contributed by atoms with Crippen LogP contribution in [0.3, 0.4) is 0 Å². The molecule has 0 fully saturated rings. The van der Waals surface area contributed by atoms with Crippen molar-refractivity contribution in [3.8, 4) is 28.3 Å². The summed E-state index contributed by atoms with van der Waals surface area (Å²) < 4.78 is 5.23. The smallest absolute Gasteiger partial charge is 0.213 e. The topological polar surface area (TPSA) is 47.9 Å². The summed E-state index contributed by atoms with van der Waals surface area (Å²) >= 11 is 0. The molecule has 24 heavy (non-hydrogen) atoms. The van der Waals surface area contributed by atoms with E-state index in [4.69, 9.17) is 4.74 Å². The van der Waals surface area contributed by atoms with Gasteiger partial charge in [-0.1, -0.05) is 12.1 Å². The Balaban J connectivity index is 1.91. The largest absolute Gasteiger partial charge is 0.481 e. The van der Waals surface area contributed by atoms with E-state index in [-0.39, 0.29) is 0 Å². The molecule has 3 aromatic heterocycles. The van der Waals surface area contributed by atoms with Crippen LogP contribution < -0.4 is 4.74 Å². The zero-order chi connectivity index (χ0) is 16.4. The highest BCUT2D eigenvalue weighted by Crippen LogP contribution is 2.30. The fourth-order valence-corrected chi connectivity index (χ4v) is 2.78. The van der Waals surface area contributed by atoms with E-state index < -0.39 is 0 Å². The number of benzene rings is 1. The molecule has 4 heteroatoms. The average molecular weight is 313 g/mol. The van der Waals surface area contributed by atoms with Crippen molar-refractivity contribution < 1.29 is 4.74 Å². The molecule has 4 nitrogen and oxygen atoms in total. The number of methoxy groups -OCH3 is 1. The molecule has 0 bridgehead atoms. The second-order valence-electron chi connectivity index (χ2n) is 5.39. The third-order valence-corrected chi connectivity index (χ3v) is 3.96. The minimum Gasteiger partial charge on any atom is -0.481 e. The van der Waals surface area contributed by atoms with Crippen molar-refractivity contribution in [3.05, 3.63) is 73.2 Å². The van der Waals surface area contributed by atoms with Crippen LogP contribution in [0.1, 0.15) is 0 Å². The summed E-state index contributed by atoms with van der Waals surface area (Å²) in [5.41, 5.74) is 5.11. The molecule has 0 spiro atoms. The number of hydrogen-bond donors (Lipinski definition) is 0. The van der Waals surface area contributed by atoms with Gasteiger partial charge in [-0.3, -0.25) is 9.97 Å². The van der Waals surface area contributed by atoms with Gasteiger partial charge in [-0.15, -0.1) is 0 Å². The summed E-state index contributed by atoms with van der Waals surface area (Å²) in [6.07, 6.45) is 5.44. The number of hydrogen-bond acceptors (Lipinski definition) is 4. The molecule has 0 saturated carbocycles. The van der Waals surface area contributed by atoms with Gasteiger partial charge in [0.15, 0.2) is 0 Å². The van der Waals surface area contributed by atoms with Crippen molar-refractivity contribution in [2.24, 2.45) is 0 Å². The molecule has 3 heterocycles. The molecule has 0 saturated heterocycles. The summed E-state index contributed by atoms with van der Waals surface area (Å²) in [5, 5.41) is 1.09. The zero-order valence-electron chi connectivity index (χ0n) is 13.2. The van der Waals surface area contributed by atoms with Crippen LogP contribution in [0.4, 0.5) is 0 Å². The molecule has 0 atom stereocenters. The molecular formula is C20H15N3O. The van der Waals surface area contributed by atoms with Crippen molar-refractivity contribution >= 4 is 10.9 Å². The van der Waals surface area contributed by atoms with Crippen molar-refractivity contribution in [1.82, 2.24) is 15.0 Å². The van der Waals surface area contributed by atoms with Crippen LogP contribution in [0.5, 0.6) is 5.88 Å². The van der Waals surface area contributed by atoms with Gasteiger partial charge in [-0.05, 0) is 47.5 Å². The third-order valence-electron chi connectivity index (χ3n) is 3.96. The van der Waals surface area contributed by atoms with Gasteiger partial charge in [0.2, 0.25) is 5.88 Å². The zero-order valence-corrected chi connectivity index (χ0v) is 13.2. The number of rotatable bonds is 3. The molecule has 4 aromatic rings. The quantitative estimate of drug-likeness (QED) is 0.563. The summed E-state index contributed by atoms with van der Waals surface area (Å²) in [7, 11) is 1.62. The van der Waals surface area contributed by atoms with E-state index in [9.17, 15) is 0 Å². The lowest BCUT2D eigenvalue weighted by molar-refractivity contribution is 0.398. The van der Waals surface area contributed by atoms with Crippen LogP contribution in [0.25, 0.3) is 33.3 Å². The Morgan fingerprint density at radius 2 is 1.71 bits per heavy atom. The number of pyridine rings is 3. The molecule has 0 unspecified atom stereocenters. The molecule has 116 valence electrons. The first-order chi connectivity index (χ1) is 11.8. The van der Waals surface area contributed by atoms with Crippen molar-refractivity contribution in [3.63, 3.8) is 0 Å². The van der Waals surface area contributed by atoms with Gasteiger partial charge < -0.3 is 4.74 Å². The van der Waals surface area contributed by atoms with Gasteiger partial charge in [0.05, 0.1) is 18.3 Å². The van der Waals surface area contributed by atoms with Crippen LogP contribution in [0.15, 0.2) is 73.2 Å². The Hall–Kier alpha value is -3.27. The molecule has 0 radical (unpaired) electrons. The lowest BCUT2D eigenvalue weighted by Crippen LogP contribution is -1.90. The number of nitrogens with zero attached hydrogens (tertiary/aromatic N) is 3. The minimum absolute atomic E-state index is 0.605. The molecule has 0 aliphatic carbocycles. The van der Waals surface area contributed by atoms with Crippen LogP contribution in [-0.4, -0.2) is 22.1 Å². The van der Waals surface area contributed by atoms with Crippen molar-refractivity contribution in [2.45, 2.75) is 0 Å². The van der Waals surface area contributed by atoms with Gasteiger partial charge in [0.25, 0.3) is 0 Å². The van der Waals surface area contributed by atoms with E-state index in [2.05, 4.69) is 21.0 Å². The molecule has 1 aromatic carbocycles. The Labute approximate surface area is 139 Å². The fourth-order valence-electron chi connectivity index (χ4n) is 2.78. The van der Waals surface area contributed by atoms with Gasteiger partial charge >= 0.3 is 0 Å². The van der Waals surface area contributed by atoms with E-state index >= 15 is 0 Å². The molecular weight excluding hydrogens is 298 g/mol. The first-order valence-corrected chi connectivity index (χ1v) is 7.66. The number of ether oxygens (including phenoxy) is 1. The van der Waals surface area contributed by atoms with E-state index in [1.54, 1.807) is 19.5 Å². The van der Waals surface area contributed by atoms with Crippen LogP contribution in [-0.2, 0) is 0 Å². The van der Waals surface area contributed by atoms with Gasteiger partial charge in [0.1, 0.15) is 0 Å². The van der Waals surface area contributed by atoms with Gasteiger partial charge in [-0.2, -0.15) is 0 Å². The number of fused-ring (bicyclic) bond motifs is 1. The Morgan fingerprint density at radius 3 is 2.54 bits per heavy atom. The second kappa shape index (κ2) is 6.08. The highest BCUT2D eigenvalue weighted by atomic mass is 16.5. The highest BCUT2D eigenvalue weighted by molar-refractivity contribution is 5.96. The van der Waals surface area contributed by atoms with E-state index in [0.717, 1.165) is 33.3 Å². The van der Waals surface area contributed by atoms with Crippen LogP contribution in [0.2, 0.25) is 0 Å². The van der Waals surface area contributed by atoms with Crippen molar-refractivity contribution in [2.75, 3.05) is 7.11 Å². The van der Waals surface area contributed by atoms with E-state index in [1.807, 2.05) is 54.7 Å². The second-order valence-corrected chi connectivity index (χ2v) is 5.39. The third kappa shape index (κ3) is 2.58. The molecule has 0 N–H and O–H groups in total. The molecule has 0 amide bonds. The predicted octanol–water partition coefficient (Wildman–Crippen LogP) is 4.37. The van der Waals surface area contributed by atoms with Crippen LogP contribution >= 0.6 is 0 Å². The van der Waals surface area contributed by atoms with Gasteiger partial charge in [-0.25, -0.2) is 4.98 Å². The molecule has 0 aliphatic heterocycles. The van der Waals surface area contributed by atoms with Gasteiger partial charge in [0, 0.05) is 35.6 Å². The maximum atomic E-state index is 5.23. The molecule has 0 aliphatic rings. The minimum atomic E-state index is 0.605. The lowest BCUT2D eigenvalue weighted by atomic mass is 9.99. The highest BCUT2D eigenvalue weighted by Gasteiger charge is 2.08. The van der Waals surface area contributed by atoms with E-state index in [1.165, 1.54) is 0 Å². The predicted molar refractivity (Wildman–Crippen MR) is 94.8 cm³/mol. The first-order valence-electron chi connectivity index (χ1n) is 7.66. The maximum Gasteiger partial charge on any atom is 0.213 e. The normalized spacial score (nSPS) is 10.7. The summed E-state index contributed by atoms with van der Waals surface area (Å²) in [5.74, 6) is 0.605.